The number of hydrogen-bond donors (Lipinski definition) is 1. The van der Waals surface area contributed by atoms with E-state index in [-0.39, 0.29) is 6.10 Å². The second-order valence-electron chi connectivity index (χ2n) is 6.11. The molecule has 0 saturated heterocycles. The molecule has 1 aliphatic carbocycles. The quantitative estimate of drug-likeness (QED) is 0.914. The maximum absolute atomic E-state index is 10.3. The van der Waals surface area contributed by atoms with Crippen LogP contribution >= 0.6 is 0 Å². The van der Waals surface area contributed by atoms with Gasteiger partial charge in [-0.25, -0.2) is 0 Å². The summed E-state index contributed by atoms with van der Waals surface area (Å²) in [4.78, 5) is 4.53. The minimum atomic E-state index is -0.142. The number of hydrogen-bond acceptors (Lipinski definition) is 2. The molecule has 20 heavy (non-hydrogen) atoms. The summed E-state index contributed by atoms with van der Waals surface area (Å²) in [6.07, 6.45) is 7.20. The van der Waals surface area contributed by atoms with E-state index in [0.29, 0.717) is 5.92 Å². The van der Waals surface area contributed by atoms with Crippen LogP contribution < -0.4 is 0 Å². The van der Waals surface area contributed by atoms with Gasteiger partial charge in [-0.3, -0.25) is 4.98 Å². The molecule has 106 valence electrons. The lowest BCUT2D eigenvalue weighted by molar-refractivity contribution is 0.0476. The Morgan fingerprint density at radius 3 is 2.90 bits per heavy atom. The van der Waals surface area contributed by atoms with Crippen molar-refractivity contribution in [2.45, 2.75) is 45.1 Å². The predicted octanol–water partition coefficient (Wildman–Crippen LogP) is 3.96. The van der Waals surface area contributed by atoms with Crippen molar-refractivity contribution in [3.8, 4) is 0 Å². The summed E-state index contributed by atoms with van der Waals surface area (Å²) in [5.74, 6) is 1.17. The topological polar surface area (TPSA) is 33.1 Å². The zero-order chi connectivity index (χ0) is 13.9. The number of aromatic nitrogens is 1. The third kappa shape index (κ3) is 2.71. The molecule has 3 rings (SSSR count). The molecule has 2 aromatic rings. The van der Waals surface area contributed by atoms with Crippen LogP contribution in [-0.4, -0.2) is 16.2 Å². The van der Waals surface area contributed by atoms with Gasteiger partial charge in [0.1, 0.15) is 0 Å². The Kier molecular flexibility index (Phi) is 4.02. The summed E-state index contributed by atoms with van der Waals surface area (Å²) in [6.45, 7) is 2.26. The maximum atomic E-state index is 10.3. The average molecular weight is 269 g/mol. The molecule has 1 heterocycles. The molecular formula is C18H23NO. The summed E-state index contributed by atoms with van der Waals surface area (Å²) in [5, 5.41) is 11.5. The molecule has 0 bridgehead atoms. The monoisotopic (exact) mass is 269 g/mol. The maximum Gasteiger partial charge on any atom is 0.0734 e. The van der Waals surface area contributed by atoms with Crippen molar-refractivity contribution in [2.24, 2.45) is 11.8 Å². The van der Waals surface area contributed by atoms with Crippen molar-refractivity contribution in [1.29, 1.82) is 0 Å². The van der Waals surface area contributed by atoms with Gasteiger partial charge in [0, 0.05) is 11.6 Å². The third-order valence-corrected chi connectivity index (χ3v) is 4.83. The highest BCUT2D eigenvalue weighted by molar-refractivity contribution is 5.81. The van der Waals surface area contributed by atoms with Gasteiger partial charge >= 0.3 is 0 Å². The van der Waals surface area contributed by atoms with Crippen LogP contribution in [0.15, 0.2) is 36.5 Å². The van der Waals surface area contributed by atoms with Crippen molar-refractivity contribution in [3.63, 3.8) is 0 Å². The van der Waals surface area contributed by atoms with Gasteiger partial charge in [-0.15, -0.1) is 0 Å². The number of rotatable bonds is 3. The van der Waals surface area contributed by atoms with Crippen LogP contribution in [0.4, 0.5) is 0 Å². The van der Waals surface area contributed by atoms with Crippen molar-refractivity contribution in [2.75, 3.05) is 0 Å². The normalized spacial score (nSPS) is 26.8. The molecule has 2 heteroatoms. The first-order valence-electron chi connectivity index (χ1n) is 7.78. The van der Waals surface area contributed by atoms with Crippen LogP contribution in [0.1, 0.15) is 38.2 Å². The molecule has 0 amide bonds. The van der Waals surface area contributed by atoms with Gasteiger partial charge in [-0.2, -0.15) is 0 Å². The molecule has 3 unspecified atom stereocenters. The lowest BCUT2D eigenvalue weighted by Crippen LogP contribution is -2.30. The van der Waals surface area contributed by atoms with Gasteiger partial charge in [0.2, 0.25) is 0 Å². The standard InChI is InChI=1S/C18H23NO/c1-2-13-8-9-17(20)16(11-13)12-15-6-3-5-14-7-4-10-19-18(14)15/h3-7,10,13,16-17,20H,2,8-9,11-12H2,1H3. The summed E-state index contributed by atoms with van der Waals surface area (Å²) in [6, 6.07) is 10.5. The van der Waals surface area contributed by atoms with E-state index in [9.17, 15) is 5.11 Å². The van der Waals surface area contributed by atoms with Gasteiger partial charge in [-0.05, 0) is 49.1 Å². The fourth-order valence-electron chi connectivity index (χ4n) is 3.55. The molecule has 0 radical (unpaired) electrons. The van der Waals surface area contributed by atoms with Crippen molar-refractivity contribution >= 4 is 10.9 Å². The third-order valence-electron chi connectivity index (χ3n) is 4.83. The Morgan fingerprint density at radius 1 is 1.20 bits per heavy atom. The zero-order valence-corrected chi connectivity index (χ0v) is 12.1. The molecule has 1 aliphatic rings. The van der Waals surface area contributed by atoms with Crippen LogP contribution in [0, 0.1) is 11.8 Å². The van der Waals surface area contributed by atoms with Crippen molar-refractivity contribution < 1.29 is 5.11 Å². The van der Waals surface area contributed by atoms with Crippen molar-refractivity contribution in [1.82, 2.24) is 4.98 Å². The molecule has 1 aromatic carbocycles. The predicted molar refractivity (Wildman–Crippen MR) is 82.6 cm³/mol. The summed E-state index contributed by atoms with van der Waals surface area (Å²) < 4.78 is 0. The van der Waals surface area contributed by atoms with Gasteiger partial charge in [0.05, 0.1) is 11.6 Å². The highest BCUT2D eigenvalue weighted by Crippen LogP contribution is 2.34. The minimum absolute atomic E-state index is 0.142. The Hall–Kier alpha value is -1.41. The van der Waals surface area contributed by atoms with Crippen LogP contribution in [0.3, 0.4) is 0 Å². The Bertz CT molecular complexity index is 575. The first kappa shape index (κ1) is 13.6. The Labute approximate surface area is 120 Å². The van der Waals surface area contributed by atoms with Gasteiger partial charge in [0.25, 0.3) is 0 Å². The number of nitrogens with zero attached hydrogens (tertiary/aromatic N) is 1. The Morgan fingerprint density at radius 2 is 2.05 bits per heavy atom. The number of fused-ring (bicyclic) bond motifs is 1. The lowest BCUT2D eigenvalue weighted by atomic mass is 9.75. The van der Waals surface area contributed by atoms with Crippen LogP contribution in [0.25, 0.3) is 10.9 Å². The zero-order valence-electron chi connectivity index (χ0n) is 12.1. The molecule has 1 aromatic heterocycles. The molecule has 1 N–H and O–H groups in total. The van der Waals surface area contributed by atoms with E-state index in [4.69, 9.17) is 0 Å². The van der Waals surface area contributed by atoms with E-state index in [0.717, 1.165) is 30.7 Å². The molecule has 3 atom stereocenters. The summed E-state index contributed by atoms with van der Waals surface area (Å²) in [5.41, 5.74) is 2.38. The SMILES string of the molecule is CCC1CCC(O)C(Cc2cccc3cccnc23)C1. The molecule has 0 spiro atoms. The first-order chi connectivity index (χ1) is 9.78. The second-order valence-corrected chi connectivity index (χ2v) is 6.11. The summed E-state index contributed by atoms with van der Waals surface area (Å²) >= 11 is 0. The summed E-state index contributed by atoms with van der Waals surface area (Å²) in [7, 11) is 0. The van der Waals surface area contributed by atoms with E-state index in [1.54, 1.807) is 0 Å². The van der Waals surface area contributed by atoms with Gasteiger partial charge in [-0.1, -0.05) is 37.6 Å². The lowest BCUT2D eigenvalue weighted by Gasteiger charge is -2.33. The number of benzene rings is 1. The van der Waals surface area contributed by atoms with Crippen LogP contribution in [0.2, 0.25) is 0 Å². The van der Waals surface area contributed by atoms with E-state index in [2.05, 4.69) is 36.2 Å². The molecule has 1 fully saturated rings. The smallest absolute Gasteiger partial charge is 0.0734 e. The minimum Gasteiger partial charge on any atom is -0.393 e. The van der Waals surface area contributed by atoms with Gasteiger partial charge < -0.3 is 5.11 Å². The van der Waals surface area contributed by atoms with E-state index in [1.165, 1.54) is 23.8 Å². The average Bonchev–Trinajstić information content (AvgIpc) is 2.50. The van der Waals surface area contributed by atoms with E-state index < -0.39 is 0 Å². The fourth-order valence-corrected chi connectivity index (χ4v) is 3.55. The molecular weight excluding hydrogens is 246 g/mol. The van der Waals surface area contributed by atoms with Crippen LogP contribution in [-0.2, 0) is 6.42 Å². The number of para-hydroxylation sites is 1. The highest BCUT2D eigenvalue weighted by atomic mass is 16.3. The van der Waals surface area contributed by atoms with E-state index >= 15 is 0 Å². The molecule has 2 nitrogen and oxygen atoms in total. The van der Waals surface area contributed by atoms with Crippen LogP contribution in [0.5, 0.6) is 0 Å². The first-order valence-corrected chi connectivity index (χ1v) is 7.78. The van der Waals surface area contributed by atoms with Crippen molar-refractivity contribution in [3.05, 3.63) is 42.1 Å². The largest absolute Gasteiger partial charge is 0.393 e. The number of aliphatic hydroxyl groups is 1. The Balaban J connectivity index is 1.85. The molecule has 0 aliphatic heterocycles. The fraction of sp³-hybridized carbons (Fsp3) is 0.500. The van der Waals surface area contributed by atoms with Gasteiger partial charge in [0.15, 0.2) is 0 Å². The molecule has 1 saturated carbocycles. The second kappa shape index (κ2) is 5.92. The highest BCUT2D eigenvalue weighted by Gasteiger charge is 2.28. The number of pyridine rings is 1. The number of aliphatic hydroxyl groups excluding tert-OH is 1. The van der Waals surface area contributed by atoms with E-state index in [1.807, 2.05) is 12.3 Å².